The number of carbonyl (C=O) groups excluding carboxylic acids is 1. The van der Waals surface area contributed by atoms with Gasteiger partial charge in [0.15, 0.2) is 0 Å². The Morgan fingerprint density at radius 2 is 2.00 bits per heavy atom. The first-order valence-corrected chi connectivity index (χ1v) is 6.83. The molecule has 104 valence electrons. The third-order valence-corrected chi connectivity index (χ3v) is 4.00. The topological polar surface area (TPSA) is 72.3 Å². The molecule has 0 saturated carbocycles. The second kappa shape index (κ2) is 5.11. The number of amides is 1. The Balaban J connectivity index is 2.25. The van der Waals surface area contributed by atoms with Crippen LogP contribution < -0.4 is 16.4 Å². The molecule has 1 saturated heterocycles. The molecule has 0 unspecified atom stereocenters. The van der Waals surface area contributed by atoms with E-state index in [9.17, 15) is 4.79 Å². The van der Waals surface area contributed by atoms with Gasteiger partial charge in [-0.1, -0.05) is 13.8 Å². The van der Waals surface area contributed by atoms with E-state index in [-0.39, 0.29) is 0 Å². The fraction of sp³-hybridized carbons (Fsp3) is 0.533. The molecule has 1 amide bonds. The van der Waals surface area contributed by atoms with Crippen molar-refractivity contribution in [2.24, 2.45) is 11.1 Å². The Bertz CT molecular complexity index is 482. The van der Waals surface area contributed by atoms with Crippen LogP contribution in [0.25, 0.3) is 0 Å². The predicted molar refractivity (Wildman–Crippen MR) is 79.2 cm³/mol. The van der Waals surface area contributed by atoms with Crippen molar-refractivity contribution < 1.29 is 4.79 Å². The molecule has 4 heteroatoms. The second-order valence-electron chi connectivity index (χ2n) is 6.14. The van der Waals surface area contributed by atoms with Crippen LogP contribution in [0.5, 0.6) is 0 Å². The fourth-order valence-corrected chi connectivity index (χ4v) is 2.63. The van der Waals surface area contributed by atoms with E-state index in [1.807, 2.05) is 6.07 Å². The molecule has 0 atom stereocenters. The summed E-state index contributed by atoms with van der Waals surface area (Å²) in [5, 5.41) is 0. The lowest BCUT2D eigenvalue weighted by molar-refractivity contribution is 0.100. The molecule has 1 aromatic carbocycles. The summed E-state index contributed by atoms with van der Waals surface area (Å²) in [6.07, 6.45) is 3.50. The third kappa shape index (κ3) is 3.19. The number of nitrogens with zero attached hydrogens (tertiary/aromatic N) is 1. The number of primary amides is 1. The Morgan fingerprint density at radius 3 is 2.68 bits per heavy atom. The van der Waals surface area contributed by atoms with E-state index in [2.05, 4.69) is 18.7 Å². The molecule has 1 aliphatic rings. The minimum absolute atomic E-state index is 0.380. The normalized spacial score (nSPS) is 18.9. The maximum Gasteiger partial charge on any atom is 0.248 e. The molecule has 4 N–H and O–H groups in total. The highest BCUT2D eigenvalue weighted by molar-refractivity contribution is 5.95. The molecule has 0 spiro atoms. The minimum atomic E-state index is -0.406. The lowest BCUT2D eigenvalue weighted by atomic mass is 9.85. The molecule has 1 aliphatic heterocycles. The van der Waals surface area contributed by atoms with E-state index < -0.39 is 5.91 Å². The molecular formula is C15H23N3O. The van der Waals surface area contributed by atoms with Crippen molar-refractivity contribution >= 4 is 17.3 Å². The van der Waals surface area contributed by atoms with Crippen LogP contribution in [0.2, 0.25) is 0 Å². The van der Waals surface area contributed by atoms with Crippen LogP contribution in [-0.2, 0) is 0 Å². The van der Waals surface area contributed by atoms with Gasteiger partial charge in [-0.05, 0) is 42.9 Å². The third-order valence-electron chi connectivity index (χ3n) is 4.00. The Hall–Kier alpha value is -1.71. The summed E-state index contributed by atoms with van der Waals surface area (Å²) in [5.41, 5.74) is 13.9. The standard InChI is InChI=1S/C15H23N3O/c1-15(2)6-3-8-18(9-7-15)13-10-11(14(17)19)4-5-12(13)16/h4-5,10H,3,6-9,16H2,1-2H3,(H2,17,19). The molecule has 1 aromatic rings. The van der Waals surface area contributed by atoms with Gasteiger partial charge in [0, 0.05) is 18.7 Å². The Morgan fingerprint density at radius 1 is 1.26 bits per heavy atom. The van der Waals surface area contributed by atoms with Crippen molar-refractivity contribution in [1.82, 2.24) is 0 Å². The monoisotopic (exact) mass is 261 g/mol. The van der Waals surface area contributed by atoms with Gasteiger partial charge in [0.25, 0.3) is 0 Å². The van der Waals surface area contributed by atoms with E-state index in [1.54, 1.807) is 12.1 Å². The molecule has 0 aliphatic carbocycles. The zero-order valence-corrected chi connectivity index (χ0v) is 11.8. The molecule has 19 heavy (non-hydrogen) atoms. The van der Waals surface area contributed by atoms with Gasteiger partial charge in [0.05, 0.1) is 11.4 Å². The largest absolute Gasteiger partial charge is 0.397 e. The first kappa shape index (κ1) is 13.7. The molecule has 4 nitrogen and oxygen atoms in total. The summed E-state index contributed by atoms with van der Waals surface area (Å²) in [7, 11) is 0. The number of nitrogen functional groups attached to an aromatic ring is 1. The van der Waals surface area contributed by atoms with E-state index in [4.69, 9.17) is 11.5 Å². The number of benzene rings is 1. The molecule has 0 bridgehead atoms. The van der Waals surface area contributed by atoms with Crippen molar-refractivity contribution in [2.45, 2.75) is 33.1 Å². The van der Waals surface area contributed by atoms with Crippen LogP contribution in [0.4, 0.5) is 11.4 Å². The zero-order valence-electron chi connectivity index (χ0n) is 11.8. The quantitative estimate of drug-likeness (QED) is 0.803. The van der Waals surface area contributed by atoms with Gasteiger partial charge in [-0.15, -0.1) is 0 Å². The van der Waals surface area contributed by atoms with Gasteiger partial charge >= 0.3 is 0 Å². The number of anilines is 2. The van der Waals surface area contributed by atoms with E-state index in [1.165, 1.54) is 6.42 Å². The van der Waals surface area contributed by atoms with Crippen molar-refractivity contribution in [3.8, 4) is 0 Å². The minimum Gasteiger partial charge on any atom is -0.397 e. The number of rotatable bonds is 2. The molecule has 2 rings (SSSR count). The van der Waals surface area contributed by atoms with E-state index in [0.717, 1.165) is 31.6 Å². The average molecular weight is 261 g/mol. The zero-order chi connectivity index (χ0) is 14.0. The highest BCUT2D eigenvalue weighted by Crippen LogP contribution is 2.33. The highest BCUT2D eigenvalue weighted by atomic mass is 16.1. The highest BCUT2D eigenvalue weighted by Gasteiger charge is 2.24. The van der Waals surface area contributed by atoms with Gasteiger partial charge in [-0.2, -0.15) is 0 Å². The van der Waals surface area contributed by atoms with Gasteiger partial charge in [0.1, 0.15) is 0 Å². The van der Waals surface area contributed by atoms with Crippen LogP contribution in [-0.4, -0.2) is 19.0 Å². The van der Waals surface area contributed by atoms with Crippen LogP contribution >= 0.6 is 0 Å². The van der Waals surface area contributed by atoms with Crippen LogP contribution in [0.15, 0.2) is 18.2 Å². The summed E-state index contributed by atoms with van der Waals surface area (Å²) in [4.78, 5) is 13.6. The Labute approximate surface area is 114 Å². The molecular weight excluding hydrogens is 238 g/mol. The lowest BCUT2D eigenvalue weighted by Gasteiger charge is -2.26. The van der Waals surface area contributed by atoms with Gasteiger partial charge in [-0.25, -0.2) is 0 Å². The SMILES string of the molecule is CC1(C)CCCN(c2cc(C(N)=O)ccc2N)CC1. The molecule has 1 heterocycles. The number of carbonyl (C=O) groups is 1. The number of nitrogens with two attached hydrogens (primary N) is 2. The van der Waals surface area contributed by atoms with Crippen molar-refractivity contribution in [3.05, 3.63) is 23.8 Å². The first-order valence-electron chi connectivity index (χ1n) is 6.83. The lowest BCUT2D eigenvalue weighted by Crippen LogP contribution is -2.26. The predicted octanol–water partition coefficient (Wildman–Crippen LogP) is 2.38. The van der Waals surface area contributed by atoms with Gasteiger partial charge in [0.2, 0.25) is 5.91 Å². The molecule has 0 radical (unpaired) electrons. The van der Waals surface area contributed by atoms with Crippen molar-refractivity contribution in [2.75, 3.05) is 23.7 Å². The smallest absolute Gasteiger partial charge is 0.248 e. The number of hydrogen-bond acceptors (Lipinski definition) is 3. The number of hydrogen-bond donors (Lipinski definition) is 2. The fourth-order valence-electron chi connectivity index (χ4n) is 2.63. The van der Waals surface area contributed by atoms with E-state index in [0.29, 0.717) is 16.7 Å². The maximum absolute atomic E-state index is 11.3. The van der Waals surface area contributed by atoms with Crippen molar-refractivity contribution in [1.29, 1.82) is 0 Å². The van der Waals surface area contributed by atoms with Crippen LogP contribution in [0.1, 0.15) is 43.5 Å². The first-order chi connectivity index (χ1) is 8.89. The molecule has 1 fully saturated rings. The second-order valence-corrected chi connectivity index (χ2v) is 6.14. The van der Waals surface area contributed by atoms with Crippen LogP contribution in [0, 0.1) is 5.41 Å². The Kier molecular flexibility index (Phi) is 3.69. The van der Waals surface area contributed by atoms with E-state index >= 15 is 0 Å². The summed E-state index contributed by atoms with van der Waals surface area (Å²) in [6, 6.07) is 5.27. The summed E-state index contributed by atoms with van der Waals surface area (Å²) in [6.45, 7) is 6.56. The van der Waals surface area contributed by atoms with Gasteiger partial charge < -0.3 is 16.4 Å². The summed E-state index contributed by atoms with van der Waals surface area (Å²) in [5.74, 6) is -0.406. The maximum atomic E-state index is 11.3. The molecule has 0 aromatic heterocycles. The summed E-state index contributed by atoms with van der Waals surface area (Å²) >= 11 is 0. The van der Waals surface area contributed by atoms with Crippen LogP contribution in [0.3, 0.4) is 0 Å². The van der Waals surface area contributed by atoms with Gasteiger partial charge in [-0.3, -0.25) is 4.79 Å². The van der Waals surface area contributed by atoms with Crippen molar-refractivity contribution in [3.63, 3.8) is 0 Å². The average Bonchev–Trinajstić information content (AvgIpc) is 2.51. The summed E-state index contributed by atoms with van der Waals surface area (Å²) < 4.78 is 0.